The van der Waals surface area contributed by atoms with E-state index in [0.717, 1.165) is 5.56 Å². The van der Waals surface area contributed by atoms with Crippen LogP contribution < -0.4 is 0 Å². The van der Waals surface area contributed by atoms with Gasteiger partial charge in [-0.1, -0.05) is 29.3 Å². The lowest BCUT2D eigenvalue weighted by atomic mass is 10.1. The molecular formula is C15H14Cl2N2O. The van der Waals surface area contributed by atoms with Crippen LogP contribution in [0.5, 0.6) is 0 Å². The fourth-order valence-electron chi connectivity index (χ4n) is 1.65. The minimum atomic E-state index is -0.108. The summed E-state index contributed by atoms with van der Waals surface area (Å²) in [6.07, 6.45) is 6.46. The first kappa shape index (κ1) is 14.8. The van der Waals surface area contributed by atoms with Gasteiger partial charge in [-0.05, 0) is 43.7 Å². The highest BCUT2D eigenvalue weighted by Crippen LogP contribution is 2.22. The first-order valence-electron chi connectivity index (χ1n) is 6.19. The van der Waals surface area contributed by atoms with E-state index in [1.54, 1.807) is 41.4 Å². The van der Waals surface area contributed by atoms with E-state index in [-0.39, 0.29) is 11.8 Å². The zero-order valence-electron chi connectivity index (χ0n) is 11.2. The minimum Gasteiger partial charge on any atom is -0.289 e. The molecule has 0 saturated heterocycles. The number of ketones is 1. The minimum absolute atomic E-state index is 0.108. The Hall–Kier alpha value is -1.58. The zero-order chi connectivity index (χ0) is 14.7. The van der Waals surface area contributed by atoms with Crippen molar-refractivity contribution in [1.29, 1.82) is 0 Å². The molecule has 0 radical (unpaired) electrons. The fourth-order valence-corrected chi connectivity index (χ4v) is 2.12. The van der Waals surface area contributed by atoms with Crippen LogP contribution in [0.3, 0.4) is 0 Å². The number of hydrogen-bond acceptors (Lipinski definition) is 2. The lowest BCUT2D eigenvalue weighted by Gasteiger charge is -2.02. The quantitative estimate of drug-likeness (QED) is 0.608. The monoisotopic (exact) mass is 308 g/mol. The number of carbonyl (C=O) groups excluding carboxylic acids is 1. The third-order valence-electron chi connectivity index (χ3n) is 2.79. The highest BCUT2D eigenvalue weighted by Gasteiger charge is 2.07. The van der Waals surface area contributed by atoms with Crippen molar-refractivity contribution in [2.45, 2.75) is 19.9 Å². The third kappa shape index (κ3) is 3.50. The summed E-state index contributed by atoms with van der Waals surface area (Å²) in [5.41, 5.74) is 1.31. The molecule has 0 spiro atoms. The number of aromatic nitrogens is 2. The van der Waals surface area contributed by atoms with Gasteiger partial charge in [0, 0.05) is 22.3 Å². The Morgan fingerprint density at radius 1 is 1.35 bits per heavy atom. The van der Waals surface area contributed by atoms with Gasteiger partial charge in [-0.25, -0.2) is 0 Å². The van der Waals surface area contributed by atoms with E-state index >= 15 is 0 Å². The summed E-state index contributed by atoms with van der Waals surface area (Å²) in [7, 11) is 0. The van der Waals surface area contributed by atoms with Gasteiger partial charge in [0.15, 0.2) is 5.78 Å². The topological polar surface area (TPSA) is 34.9 Å². The number of allylic oxidation sites excluding steroid dienone is 1. The lowest BCUT2D eigenvalue weighted by Crippen LogP contribution is -2.00. The van der Waals surface area contributed by atoms with Gasteiger partial charge in [0.2, 0.25) is 0 Å². The van der Waals surface area contributed by atoms with Crippen molar-refractivity contribution >= 4 is 35.1 Å². The average molecular weight is 309 g/mol. The predicted molar refractivity (Wildman–Crippen MR) is 82.4 cm³/mol. The number of hydrogen-bond donors (Lipinski definition) is 0. The summed E-state index contributed by atoms with van der Waals surface area (Å²) in [6, 6.07) is 5.37. The fraction of sp³-hybridized carbons (Fsp3) is 0.200. The van der Waals surface area contributed by atoms with Crippen LogP contribution in [0.15, 0.2) is 36.7 Å². The molecule has 3 nitrogen and oxygen atoms in total. The normalized spacial score (nSPS) is 11.4. The Labute approximate surface area is 127 Å². The Morgan fingerprint density at radius 3 is 2.70 bits per heavy atom. The van der Waals surface area contributed by atoms with Gasteiger partial charge >= 0.3 is 0 Å². The van der Waals surface area contributed by atoms with Crippen LogP contribution in [0.4, 0.5) is 0 Å². The Balaban J connectivity index is 2.15. The van der Waals surface area contributed by atoms with Gasteiger partial charge in [-0.2, -0.15) is 5.10 Å². The maximum Gasteiger partial charge on any atom is 0.189 e. The maximum absolute atomic E-state index is 12.0. The first-order chi connectivity index (χ1) is 9.47. The second kappa shape index (κ2) is 6.25. The van der Waals surface area contributed by atoms with Crippen molar-refractivity contribution in [3.05, 3.63) is 57.8 Å². The largest absolute Gasteiger partial charge is 0.289 e. The van der Waals surface area contributed by atoms with E-state index in [0.29, 0.717) is 15.6 Å². The van der Waals surface area contributed by atoms with Gasteiger partial charge in [0.25, 0.3) is 0 Å². The van der Waals surface area contributed by atoms with Crippen molar-refractivity contribution < 1.29 is 4.79 Å². The van der Waals surface area contributed by atoms with Crippen molar-refractivity contribution in [3.8, 4) is 0 Å². The highest BCUT2D eigenvalue weighted by atomic mass is 35.5. The first-order valence-corrected chi connectivity index (χ1v) is 6.94. The second-order valence-electron chi connectivity index (χ2n) is 4.67. The summed E-state index contributed by atoms with van der Waals surface area (Å²) < 4.78 is 1.75. The van der Waals surface area contributed by atoms with Gasteiger partial charge in [-0.15, -0.1) is 0 Å². The smallest absolute Gasteiger partial charge is 0.189 e. The van der Waals surface area contributed by atoms with E-state index in [1.165, 1.54) is 6.08 Å². The number of benzene rings is 1. The Kier molecular flexibility index (Phi) is 4.63. The molecule has 1 aromatic carbocycles. The highest BCUT2D eigenvalue weighted by molar-refractivity contribution is 6.35. The summed E-state index contributed by atoms with van der Waals surface area (Å²) in [4.78, 5) is 12.0. The number of carbonyl (C=O) groups is 1. The van der Waals surface area contributed by atoms with Crippen LogP contribution in [0.1, 0.15) is 35.8 Å². The molecule has 1 aromatic heterocycles. The molecular weight excluding hydrogens is 295 g/mol. The SMILES string of the molecule is CC(C)n1cc(C(=O)C=Cc2ccc(Cl)cc2Cl)cn1. The summed E-state index contributed by atoms with van der Waals surface area (Å²) >= 11 is 11.9. The van der Waals surface area contributed by atoms with Crippen molar-refractivity contribution in [2.24, 2.45) is 0 Å². The van der Waals surface area contributed by atoms with Crippen LogP contribution in [0, 0.1) is 0 Å². The molecule has 0 fully saturated rings. The van der Waals surface area contributed by atoms with Crippen molar-refractivity contribution in [1.82, 2.24) is 9.78 Å². The van der Waals surface area contributed by atoms with E-state index in [2.05, 4.69) is 5.10 Å². The third-order valence-corrected chi connectivity index (χ3v) is 3.35. The predicted octanol–water partition coefficient (Wildman–Crippen LogP) is 4.67. The van der Waals surface area contributed by atoms with E-state index in [1.807, 2.05) is 13.8 Å². The van der Waals surface area contributed by atoms with Crippen LogP contribution in [0.2, 0.25) is 10.0 Å². The van der Waals surface area contributed by atoms with E-state index < -0.39 is 0 Å². The lowest BCUT2D eigenvalue weighted by molar-refractivity contribution is 0.104. The molecule has 0 N–H and O–H groups in total. The number of halogens is 2. The number of nitrogens with zero attached hydrogens (tertiary/aromatic N) is 2. The summed E-state index contributed by atoms with van der Waals surface area (Å²) in [5, 5.41) is 5.22. The van der Waals surface area contributed by atoms with E-state index in [9.17, 15) is 4.79 Å². The molecule has 1 heterocycles. The number of rotatable bonds is 4. The van der Waals surface area contributed by atoms with Gasteiger partial charge < -0.3 is 0 Å². The average Bonchev–Trinajstić information content (AvgIpc) is 2.87. The molecule has 104 valence electrons. The van der Waals surface area contributed by atoms with Crippen LogP contribution in [-0.4, -0.2) is 15.6 Å². The second-order valence-corrected chi connectivity index (χ2v) is 5.51. The Bertz CT molecular complexity index is 660. The van der Waals surface area contributed by atoms with Crippen LogP contribution in [-0.2, 0) is 0 Å². The molecule has 2 rings (SSSR count). The molecule has 20 heavy (non-hydrogen) atoms. The van der Waals surface area contributed by atoms with Crippen LogP contribution >= 0.6 is 23.2 Å². The standard InChI is InChI=1S/C15H14Cl2N2O/c1-10(2)19-9-12(8-18-19)15(20)6-4-11-3-5-13(16)7-14(11)17/h3-10H,1-2H3. The van der Waals surface area contributed by atoms with Crippen LogP contribution in [0.25, 0.3) is 6.08 Å². The molecule has 5 heteroatoms. The molecule has 0 atom stereocenters. The molecule has 0 bridgehead atoms. The Morgan fingerprint density at radius 2 is 2.10 bits per heavy atom. The molecule has 0 saturated carbocycles. The van der Waals surface area contributed by atoms with Gasteiger partial charge in [-0.3, -0.25) is 9.48 Å². The van der Waals surface area contributed by atoms with Gasteiger partial charge in [0.1, 0.15) is 0 Å². The summed E-state index contributed by atoms with van der Waals surface area (Å²) in [6.45, 7) is 4.01. The van der Waals surface area contributed by atoms with E-state index in [4.69, 9.17) is 23.2 Å². The molecule has 0 aliphatic carbocycles. The molecule has 2 aromatic rings. The zero-order valence-corrected chi connectivity index (χ0v) is 12.7. The molecule has 0 aliphatic heterocycles. The summed E-state index contributed by atoms with van der Waals surface area (Å²) in [5.74, 6) is -0.108. The molecule has 0 amide bonds. The molecule has 0 aliphatic rings. The van der Waals surface area contributed by atoms with Crippen molar-refractivity contribution in [3.63, 3.8) is 0 Å². The maximum atomic E-state index is 12.0. The molecule has 0 unspecified atom stereocenters. The van der Waals surface area contributed by atoms with Crippen molar-refractivity contribution in [2.75, 3.05) is 0 Å². The van der Waals surface area contributed by atoms with Gasteiger partial charge in [0.05, 0.1) is 11.8 Å².